The Morgan fingerprint density at radius 3 is 2.08 bits per heavy atom. The summed E-state index contributed by atoms with van der Waals surface area (Å²) < 4.78 is 95.4. The van der Waals surface area contributed by atoms with Crippen LogP contribution in [0.2, 0.25) is 0 Å². The average Bonchev–Trinajstić information content (AvgIpc) is 3.44. The lowest BCUT2D eigenvalue weighted by atomic mass is 10.0. The Kier molecular flexibility index (Phi) is 8.69. The van der Waals surface area contributed by atoms with E-state index in [1.54, 1.807) is 0 Å². The van der Waals surface area contributed by atoms with Gasteiger partial charge < -0.3 is 15.2 Å². The third-order valence-electron chi connectivity index (χ3n) is 6.63. The molecule has 2 aliphatic rings. The van der Waals surface area contributed by atoms with Crippen LogP contribution in [-0.2, 0) is 30.6 Å². The van der Waals surface area contributed by atoms with E-state index in [-0.39, 0.29) is 29.4 Å². The third kappa shape index (κ3) is 7.28. The predicted octanol–water partition coefficient (Wildman–Crippen LogP) is 4.43. The smallest absolute Gasteiger partial charge is 0.417 e. The number of alkyl halides is 3. The van der Waals surface area contributed by atoms with E-state index in [4.69, 9.17) is 15.1 Å². The summed E-state index contributed by atoms with van der Waals surface area (Å²) in [6, 6.07) is 10.4. The van der Waals surface area contributed by atoms with Crippen molar-refractivity contribution in [2.24, 2.45) is 0 Å². The average molecular weight is 589 g/mol. The second-order valence-corrected chi connectivity index (χ2v) is 13.7. The number of ether oxygens (including phenoxy) is 1. The Bertz CT molecular complexity index is 1480. The van der Waals surface area contributed by atoms with Crippen LogP contribution < -0.4 is 5.32 Å². The van der Waals surface area contributed by atoms with E-state index in [2.05, 4.69) is 5.32 Å². The van der Waals surface area contributed by atoms with Crippen molar-refractivity contribution in [2.75, 3.05) is 13.4 Å². The molecule has 2 aliphatic carbocycles. The fraction of sp³-hybridized carbons (Fsp3) is 0.440. The maximum Gasteiger partial charge on any atom is 0.417 e. The molecule has 2 aromatic rings. The van der Waals surface area contributed by atoms with E-state index >= 15 is 0 Å². The van der Waals surface area contributed by atoms with Crippen molar-refractivity contribution in [3.63, 3.8) is 0 Å². The molecule has 0 bridgehead atoms. The van der Waals surface area contributed by atoms with E-state index in [0.29, 0.717) is 24.8 Å². The van der Waals surface area contributed by atoms with Gasteiger partial charge in [0.25, 0.3) is 0 Å². The first-order valence-electron chi connectivity index (χ1n) is 11.7. The second kappa shape index (κ2) is 11.1. The SMILES string of the molecule is CO[C@H]1CC[C@H](S(=O)(=O)c2ccc(-c3ccc(S(C)(=O)=O)cc3)cc2C(F)(F)F)C1.N#CC1(NC(=O)O)CC1. The number of hydrogen-bond donors (Lipinski definition) is 2. The number of hydrogen-bond acceptors (Lipinski definition) is 7. The number of nitriles is 1. The number of rotatable bonds is 6. The Balaban J connectivity index is 0.000000395. The van der Waals surface area contributed by atoms with E-state index in [9.17, 15) is 34.8 Å². The minimum atomic E-state index is -4.87. The molecule has 0 spiro atoms. The summed E-state index contributed by atoms with van der Waals surface area (Å²) in [6.07, 6.45) is -3.07. The highest BCUT2D eigenvalue weighted by Gasteiger charge is 2.45. The zero-order valence-corrected chi connectivity index (χ0v) is 22.7. The van der Waals surface area contributed by atoms with Crippen molar-refractivity contribution in [3.05, 3.63) is 48.0 Å². The quantitative estimate of drug-likeness (QED) is 0.503. The van der Waals surface area contributed by atoms with Crippen LogP contribution in [0.4, 0.5) is 18.0 Å². The van der Waals surface area contributed by atoms with Gasteiger partial charge in [0.1, 0.15) is 5.54 Å². The number of carbonyl (C=O) groups is 1. The molecule has 0 saturated heterocycles. The minimum absolute atomic E-state index is 0.0374. The number of sulfone groups is 2. The zero-order chi connectivity index (χ0) is 29.2. The zero-order valence-electron chi connectivity index (χ0n) is 21.0. The van der Waals surface area contributed by atoms with Crippen LogP contribution in [0.3, 0.4) is 0 Å². The number of nitrogens with zero attached hydrogens (tertiary/aromatic N) is 1. The standard InChI is InChI=1S/C20H21F3O5S2.C5H6N2O2/c1-28-15-6-9-17(12-15)30(26,27)19-10-5-14(11-18(19)20(21,22)23)13-3-7-16(8-4-13)29(2,24)25;6-3-5(1-2-5)7-4(8)9/h3-5,7-8,10-11,15,17H,6,9,12H2,1-2H3;7H,1-2H2,(H,8,9)/t15-,17-;/m0./s1. The Labute approximate surface area is 224 Å². The minimum Gasteiger partial charge on any atom is -0.465 e. The Hall–Kier alpha value is -3.15. The fourth-order valence-corrected chi connectivity index (χ4v) is 6.89. The maximum absolute atomic E-state index is 13.8. The van der Waals surface area contributed by atoms with E-state index in [1.807, 2.05) is 6.07 Å². The van der Waals surface area contributed by atoms with Crippen molar-refractivity contribution in [1.82, 2.24) is 5.32 Å². The number of carboxylic acid groups (broad SMARTS) is 1. The second-order valence-electron chi connectivity index (χ2n) is 9.47. The van der Waals surface area contributed by atoms with Crippen molar-refractivity contribution >= 4 is 25.8 Å². The van der Waals surface area contributed by atoms with Crippen LogP contribution in [0.25, 0.3) is 11.1 Å². The van der Waals surface area contributed by atoms with Gasteiger partial charge in [0, 0.05) is 13.4 Å². The third-order valence-corrected chi connectivity index (χ3v) is 10.0. The van der Waals surface area contributed by atoms with Crippen molar-refractivity contribution in [1.29, 1.82) is 5.26 Å². The molecule has 0 unspecified atom stereocenters. The van der Waals surface area contributed by atoms with Crippen LogP contribution in [0.15, 0.2) is 52.3 Å². The molecule has 0 radical (unpaired) electrons. The highest BCUT2D eigenvalue weighted by Crippen LogP contribution is 2.40. The van der Waals surface area contributed by atoms with Gasteiger partial charge in [-0.05, 0) is 67.5 Å². The molecule has 4 rings (SSSR count). The first-order valence-corrected chi connectivity index (χ1v) is 15.2. The molecule has 14 heteroatoms. The van der Waals surface area contributed by atoms with E-state index in [1.165, 1.54) is 37.4 Å². The predicted molar refractivity (Wildman–Crippen MR) is 134 cm³/mol. The molecule has 2 fully saturated rings. The Morgan fingerprint density at radius 1 is 1.08 bits per heavy atom. The van der Waals surface area contributed by atoms with Gasteiger partial charge in [-0.1, -0.05) is 18.2 Å². The van der Waals surface area contributed by atoms with Gasteiger partial charge in [-0.15, -0.1) is 0 Å². The fourth-order valence-electron chi connectivity index (χ4n) is 4.24. The highest BCUT2D eigenvalue weighted by atomic mass is 32.2. The summed E-state index contributed by atoms with van der Waals surface area (Å²) in [5, 5.41) is 17.7. The first-order chi connectivity index (χ1) is 18.0. The molecule has 0 aromatic heterocycles. The number of amides is 1. The van der Waals surface area contributed by atoms with Gasteiger partial charge in [0.2, 0.25) is 0 Å². The normalized spacial score (nSPS) is 20.3. The number of methoxy groups -OCH3 is 1. The van der Waals surface area contributed by atoms with Crippen LogP contribution in [-0.4, -0.2) is 58.3 Å². The molecule has 2 N–H and O–H groups in total. The molecule has 212 valence electrons. The molecule has 1 amide bonds. The molecule has 2 saturated carbocycles. The summed E-state index contributed by atoms with van der Waals surface area (Å²) in [7, 11) is -6.20. The van der Waals surface area contributed by atoms with Gasteiger partial charge in [0.05, 0.1) is 32.8 Å². The number of benzene rings is 2. The van der Waals surface area contributed by atoms with Gasteiger partial charge in [-0.25, -0.2) is 21.6 Å². The van der Waals surface area contributed by atoms with Crippen LogP contribution >= 0.6 is 0 Å². The van der Waals surface area contributed by atoms with Crippen molar-refractivity contribution < 1.29 is 44.6 Å². The van der Waals surface area contributed by atoms with Crippen molar-refractivity contribution in [2.45, 2.75) is 65.0 Å². The molecule has 0 aliphatic heterocycles. The van der Waals surface area contributed by atoms with Gasteiger partial charge in [0.15, 0.2) is 19.7 Å². The Morgan fingerprint density at radius 2 is 1.67 bits per heavy atom. The van der Waals surface area contributed by atoms with Crippen molar-refractivity contribution in [3.8, 4) is 17.2 Å². The molecular weight excluding hydrogens is 561 g/mol. The van der Waals surface area contributed by atoms with Crippen LogP contribution in [0.5, 0.6) is 0 Å². The van der Waals surface area contributed by atoms with Gasteiger partial charge in [-0.2, -0.15) is 18.4 Å². The van der Waals surface area contributed by atoms with Gasteiger partial charge in [-0.3, -0.25) is 0 Å². The summed E-state index contributed by atoms with van der Waals surface area (Å²) in [5.41, 5.74) is -1.47. The lowest BCUT2D eigenvalue weighted by molar-refractivity contribution is -0.139. The van der Waals surface area contributed by atoms with Crippen LogP contribution in [0, 0.1) is 11.3 Å². The maximum atomic E-state index is 13.8. The largest absolute Gasteiger partial charge is 0.465 e. The lowest BCUT2D eigenvalue weighted by Crippen LogP contribution is -2.33. The van der Waals surface area contributed by atoms with E-state index < -0.39 is 53.2 Å². The monoisotopic (exact) mass is 588 g/mol. The summed E-state index contributed by atoms with van der Waals surface area (Å²) in [4.78, 5) is 9.25. The highest BCUT2D eigenvalue weighted by molar-refractivity contribution is 7.92. The molecule has 39 heavy (non-hydrogen) atoms. The molecular formula is C25H27F3N2O7S2. The molecule has 2 aromatic carbocycles. The topological polar surface area (TPSA) is 151 Å². The summed E-state index contributed by atoms with van der Waals surface area (Å²) in [5.74, 6) is 0. The molecule has 2 atom stereocenters. The number of halogens is 3. The number of nitrogens with one attached hydrogen (secondary N) is 1. The first kappa shape index (κ1) is 30.4. The molecule has 9 nitrogen and oxygen atoms in total. The van der Waals surface area contributed by atoms with E-state index in [0.717, 1.165) is 18.4 Å². The summed E-state index contributed by atoms with van der Waals surface area (Å²) >= 11 is 0. The lowest BCUT2D eigenvalue weighted by Gasteiger charge is -2.18. The summed E-state index contributed by atoms with van der Waals surface area (Å²) in [6.45, 7) is 0. The van der Waals surface area contributed by atoms with Gasteiger partial charge >= 0.3 is 12.3 Å². The molecule has 0 heterocycles. The van der Waals surface area contributed by atoms with Crippen LogP contribution in [0.1, 0.15) is 37.7 Å².